The molecule has 0 bridgehead atoms. The van der Waals surface area contributed by atoms with E-state index >= 15 is 0 Å². The molecule has 0 aromatic heterocycles. The summed E-state index contributed by atoms with van der Waals surface area (Å²) in [6.07, 6.45) is 1.52. The first-order chi connectivity index (χ1) is 13.5. The van der Waals surface area contributed by atoms with E-state index in [9.17, 15) is 24.3 Å². The van der Waals surface area contributed by atoms with Crippen molar-refractivity contribution >= 4 is 23.7 Å². The molecule has 9 nitrogen and oxygen atoms in total. The minimum Gasteiger partial charge on any atom is -0.480 e. The molecule has 0 aromatic rings. The highest BCUT2D eigenvalue weighted by Gasteiger charge is 2.33. The Bertz CT molecular complexity index is 567. The fourth-order valence-electron chi connectivity index (χ4n) is 2.83. The molecule has 0 aliphatic heterocycles. The average Bonchev–Trinajstić information content (AvgIpc) is 2.67. The molecule has 6 N–H and O–H groups in total. The van der Waals surface area contributed by atoms with Crippen LogP contribution in [0.2, 0.25) is 0 Å². The van der Waals surface area contributed by atoms with Crippen molar-refractivity contribution in [3.63, 3.8) is 0 Å². The van der Waals surface area contributed by atoms with Crippen molar-refractivity contribution in [1.82, 2.24) is 16.0 Å². The third-order valence-corrected chi connectivity index (χ3v) is 5.11. The van der Waals surface area contributed by atoms with E-state index in [4.69, 9.17) is 5.73 Å². The topological polar surface area (TPSA) is 151 Å². The van der Waals surface area contributed by atoms with Crippen LogP contribution in [0.25, 0.3) is 0 Å². The third kappa shape index (κ3) is 9.25. The number of carboxylic acids is 1. The molecule has 0 radical (unpaired) electrons. The molecule has 0 aromatic carbocycles. The minimum absolute atomic E-state index is 0.0781. The molecule has 5 unspecified atom stereocenters. The summed E-state index contributed by atoms with van der Waals surface area (Å²) in [6.45, 7) is 10.9. The largest absolute Gasteiger partial charge is 0.480 e. The van der Waals surface area contributed by atoms with Crippen LogP contribution in [0.1, 0.15) is 60.8 Å². The van der Waals surface area contributed by atoms with Gasteiger partial charge in [-0.1, -0.05) is 54.4 Å². The Morgan fingerprint density at radius 1 is 0.828 bits per heavy atom. The van der Waals surface area contributed by atoms with Gasteiger partial charge in [0.1, 0.15) is 18.1 Å². The monoisotopic (exact) mass is 414 g/mol. The van der Waals surface area contributed by atoms with Gasteiger partial charge in [0.15, 0.2) is 0 Å². The first-order valence-electron chi connectivity index (χ1n) is 10.3. The average molecular weight is 415 g/mol. The lowest BCUT2D eigenvalue weighted by Crippen LogP contribution is -2.59. The fourth-order valence-corrected chi connectivity index (χ4v) is 2.83. The zero-order valence-corrected chi connectivity index (χ0v) is 18.5. The van der Waals surface area contributed by atoms with Crippen molar-refractivity contribution in [3.8, 4) is 0 Å². The van der Waals surface area contributed by atoms with Crippen LogP contribution >= 0.6 is 0 Å². The van der Waals surface area contributed by atoms with Crippen LogP contribution in [-0.2, 0) is 19.2 Å². The third-order valence-electron chi connectivity index (χ3n) is 5.11. The van der Waals surface area contributed by atoms with E-state index in [1.807, 2.05) is 34.6 Å². The van der Waals surface area contributed by atoms with E-state index in [0.717, 1.165) is 0 Å². The van der Waals surface area contributed by atoms with Gasteiger partial charge in [-0.25, -0.2) is 4.79 Å². The van der Waals surface area contributed by atoms with Crippen LogP contribution in [0.15, 0.2) is 0 Å². The van der Waals surface area contributed by atoms with E-state index in [1.165, 1.54) is 0 Å². The van der Waals surface area contributed by atoms with Crippen molar-refractivity contribution in [3.05, 3.63) is 0 Å². The van der Waals surface area contributed by atoms with E-state index in [0.29, 0.717) is 12.8 Å². The smallest absolute Gasteiger partial charge is 0.326 e. The number of rotatable bonds is 13. The van der Waals surface area contributed by atoms with Crippen molar-refractivity contribution in [2.75, 3.05) is 6.54 Å². The standard InChI is InChI=1S/C20H38N4O5/c1-7-12(5)16(23-15(25)10-21)19(27)24-17(13(6)8-2)18(26)22-14(20(28)29)9-11(3)4/h11-14,16-17H,7-10,21H2,1-6H3,(H,22,26)(H,23,25)(H,24,27)(H,28,29). The number of hydrogen-bond donors (Lipinski definition) is 5. The number of nitrogens with two attached hydrogens (primary N) is 1. The molecule has 0 saturated heterocycles. The number of carbonyl (C=O) groups is 4. The number of aliphatic carboxylic acids is 1. The summed E-state index contributed by atoms with van der Waals surface area (Å²) in [5, 5.41) is 17.2. The second kappa shape index (κ2) is 13.1. The Balaban J connectivity index is 5.48. The van der Waals surface area contributed by atoms with Crippen molar-refractivity contribution in [1.29, 1.82) is 0 Å². The van der Waals surface area contributed by atoms with Crippen molar-refractivity contribution < 1.29 is 24.3 Å². The lowest BCUT2D eigenvalue weighted by molar-refractivity contribution is -0.143. The van der Waals surface area contributed by atoms with Crippen LogP contribution in [0.4, 0.5) is 0 Å². The van der Waals surface area contributed by atoms with Gasteiger partial charge in [0.2, 0.25) is 17.7 Å². The van der Waals surface area contributed by atoms with Crippen LogP contribution in [0.3, 0.4) is 0 Å². The lowest BCUT2D eigenvalue weighted by Gasteiger charge is -2.29. The highest BCUT2D eigenvalue weighted by atomic mass is 16.4. The maximum absolute atomic E-state index is 12.9. The van der Waals surface area contributed by atoms with Crippen LogP contribution in [-0.4, -0.2) is 53.5 Å². The molecule has 9 heteroatoms. The minimum atomic E-state index is -1.12. The first-order valence-corrected chi connectivity index (χ1v) is 10.3. The molecule has 168 valence electrons. The number of amides is 3. The zero-order valence-electron chi connectivity index (χ0n) is 18.5. The van der Waals surface area contributed by atoms with Gasteiger partial charge in [-0.05, 0) is 24.2 Å². The molecular formula is C20H38N4O5. The molecule has 29 heavy (non-hydrogen) atoms. The van der Waals surface area contributed by atoms with E-state index < -0.39 is 41.8 Å². The summed E-state index contributed by atoms with van der Waals surface area (Å²) in [5.74, 6) is -2.93. The number of carbonyl (C=O) groups excluding carboxylic acids is 3. The van der Waals surface area contributed by atoms with Gasteiger partial charge in [0.05, 0.1) is 6.54 Å². The summed E-state index contributed by atoms with van der Waals surface area (Å²) in [4.78, 5) is 48.9. The Morgan fingerprint density at radius 3 is 1.66 bits per heavy atom. The molecule has 0 fully saturated rings. The second-order valence-electron chi connectivity index (χ2n) is 8.04. The summed E-state index contributed by atoms with van der Waals surface area (Å²) < 4.78 is 0. The van der Waals surface area contributed by atoms with Crippen LogP contribution in [0.5, 0.6) is 0 Å². The Hall–Kier alpha value is -2.16. The summed E-state index contributed by atoms with van der Waals surface area (Å²) in [5.41, 5.74) is 5.34. The van der Waals surface area contributed by atoms with Crippen LogP contribution in [0, 0.1) is 17.8 Å². The van der Waals surface area contributed by atoms with E-state index in [1.54, 1.807) is 6.92 Å². The number of carboxylic acid groups (broad SMARTS) is 1. The number of hydrogen-bond acceptors (Lipinski definition) is 5. The normalized spacial score (nSPS) is 16.3. The Labute approximate surface area is 173 Å². The van der Waals surface area contributed by atoms with Gasteiger partial charge in [-0.2, -0.15) is 0 Å². The van der Waals surface area contributed by atoms with Gasteiger partial charge in [-0.3, -0.25) is 14.4 Å². The Kier molecular flexibility index (Phi) is 12.2. The first kappa shape index (κ1) is 26.8. The summed E-state index contributed by atoms with van der Waals surface area (Å²) in [6, 6.07) is -2.78. The highest BCUT2D eigenvalue weighted by molar-refractivity contribution is 5.93. The second-order valence-corrected chi connectivity index (χ2v) is 8.04. The van der Waals surface area contributed by atoms with Crippen molar-refractivity contribution in [2.24, 2.45) is 23.5 Å². The summed E-state index contributed by atoms with van der Waals surface area (Å²) >= 11 is 0. The van der Waals surface area contributed by atoms with Gasteiger partial charge in [0, 0.05) is 0 Å². The molecule has 0 aliphatic rings. The maximum Gasteiger partial charge on any atom is 0.326 e. The molecular weight excluding hydrogens is 376 g/mol. The molecule has 3 amide bonds. The fraction of sp³-hybridized carbons (Fsp3) is 0.800. The quantitative estimate of drug-likeness (QED) is 0.298. The maximum atomic E-state index is 12.9. The van der Waals surface area contributed by atoms with Crippen LogP contribution < -0.4 is 21.7 Å². The molecule has 5 atom stereocenters. The zero-order chi connectivity index (χ0) is 22.7. The molecule has 0 spiro atoms. The van der Waals surface area contributed by atoms with E-state index in [-0.39, 0.29) is 30.7 Å². The summed E-state index contributed by atoms with van der Waals surface area (Å²) in [7, 11) is 0. The van der Waals surface area contributed by atoms with E-state index in [2.05, 4.69) is 16.0 Å². The SMILES string of the molecule is CCC(C)C(NC(=O)CN)C(=O)NC(C(=O)NC(CC(C)C)C(=O)O)C(C)CC. The molecule has 0 heterocycles. The predicted octanol–water partition coefficient (Wildman–Crippen LogP) is 0.622. The van der Waals surface area contributed by atoms with Gasteiger partial charge >= 0.3 is 5.97 Å². The van der Waals surface area contributed by atoms with Gasteiger partial charge in [-0.15, -0.1) is 0 Å². The van der Waals surface area contributed by atoms with Gasteiger partial charge < -0.3 is 26.8 Å². The van der Waals surface area contributed by atoms with Gasteiger partial charge in [0.25, 0.3) is 0 Å². The highest BCUT2D eigenvalue weighted by Crippen LogP contribution is 2.13. The molecule has 0 rings (SSSR count). The molecule has 0 aliphatic carbocycles. The molecule has 0 saturated carbocycles. The Morgan fingerprint density at radius 2 is 1.28 bits per heavy atom. The van der Waals surface area contributed by atoms with Crippen molar-refractivity contribution in [2.45, 2.75) is 78.9 Å². The lowest BCUT2D eigenvalue weighted by atomic mass is 9.94. The number of nitrogens with one attached hydrogen (secondary N) is 3. The predicted molar refractivity (Wildman–Crippen MR) is 111 cm³/mol.